The highest BCUT2D eigenvalue weighted by Gasteiger charge is 2.35. The molecule has 3 aromatic rings. The van der Waals surface area contributed by atoms with Gasteiger partial charge in [0.2, 0.25) is 11.8 Å². The van der Waals surface area contributed by atoms with Crippen molar-refractivity contribution in [2.45, 2.75) is 45.2 Å². The summed E-state index contributed by atoms with van der Waals surface area (Å²) in [6, 6.07) is 13.5. The number of likely N-dealkylation sites (tertiary alicyclic amines) is 1. The molecule has 2 heterocycles. The molecule has 1 aliphatic rings. The molecule has 0 bridgehead atoms. The van der Waals surface area contributed by atoms with Crippen LogP contribution in [0.15, 0.2) is 64.2 Å². The molecule has 1 saturated heterocycles. The number of carbonyl (C=O) groups excluding carboxylic acids is 2. The molecule has 2 atom stereocenters. The minimum atomic E-state index is -1.20. The molecule has 3 N–H and O–H groups in total. The molecule has 2 unspecified atom stereocenters. The van der Waals surface area contributed by atoms with E-state index in [0.717, 1.165) is 10.1 Å². The first-order valence-corrected chi connectivity index (χ1v) is 12.8. The van der Waals surface area contributed by atoms with Crippen LogP contribution in [0, 0.1) is 11.8 Å². The molecule has 10 heteroatoms. The van der Waals surface area contributed by atoms with Crippen LogP contribution in [-0.2, 0) is 20.8 Å². The number of piperidine rings is 1. The Labute approximate surface area is 219 Å². The number of hydrogen-bond acceptors (Lipinski definition) is 5. The van der Waals surface area contributed by atoms with Gasteiger partial charge in [-0.05, 0) is 36.5 Å². The van der Waals surface area contributed by atoms with Crippen molar-refractivity contribution < 1.29 is 19.5 Å². The van der Waals surface area contributed by atoms with E-state index >= 15 is 0 Å². The molecule has 0 saturated carbocycles. The zero-order chi connectivity index (χ0) is 27.4. The van der Waals surface area contributed by atoms with E-state index in [4.69, 9.17) is 0 Å². The fourth-order valence-electron chi connectivity index (χ4n) is 4.90. The molecule has 2 amide bonds. The van der Waals surface area contributed by atoms with Crippen molar-refractivity contribution in [1.82, 2.24) is 19.8 Å². The number of aromatic amines is 1. The standard InChI is InChI=1S/C28H32N4O6/c1-17(2)23(26(35)31-14-12-19(13-15-31)27(36)37)30-24(33)22(16-18-8-4-3-5-9-18)32-25(34)20-10-6-7-11-21(20)29-28(32)38/h3-11,17,19,22-23H,12-16H2,1-2H3,(H,29,38)(H,30,33)(H,36,37). The number of amides is 2. The molecule has 38 heavy (non-hydrogen) atoms. The average molecular weight is 521 g/mol. The van der Waals surface area contributed by atoms with Gasteiger partial charge < -0.3 is 20.3 Å². The van der Waals surface area contributed by atoms with E-state index < -0.39 is 41.1 Å². The molecule has 4 rings (SSSR count). The van der Waals surface area contributed by atoms with Crippen LogP contribution >= 0.6 is 0 Å². The van der Waals surface area contributed by atoms with Gasteiger partial charge in [-0.3, -0.25) is 19.2 Å². The second kappa shape index (κ2) is 11.5. The predicted molar refractivity (Wildman–Crippen MR) is 142 cm³/mol. The van der Waals surface area contributed by atoms with Crippen LogP contribution < -0.4 is 16.6 Å². The number of fused-ring (bicyclic) bond motifs is 1. The van der Waals surface area contributed by atoms with Gasteiger partial charge in [0.25, 0.3) is 5.56 Å². The Balaban J connectivity index is 1.66. The molecule has 2 aromatic carbocycles. The summed E-state index contributed by atoms with van der Waals surface area (Å²) in [7, 11) is 0. The lowest BCUT2D eigenvalue weighted by molar-refractivity contribution is -0.146. The maximum absolute atomic E-state index is 13.8. The van der Waals surface area contributed by atoms with Crippen molar-refractivity contribution in [2.75, 3.05) is 13.1 Å². The van der Waals surface area contributed by atoms with E-state index in [9.17, 15) is 29.1 Å². The van der Waals surface area contributed by atoms with Crippen molar-refractivity contribution in [1.29, 1.82) is 0 Å². The van der Waals surface area contributed by atoms with E-state index in [0.29, 0.717) is 18.4 Å². The first-order valence-electron chi connectivity index (χ1n) is 12.8. The van der Waals surface area contributed by atoms with Gasteiger partial charge in [0, 0.05) is 19.5 Å². The quantitative estimate of drug-likeness (QED) is 0.415. The molecule has 0 spiro atoms. The number of aliphatic carboxylic acids is 1. The summed E-state index contributed by atoms with van der Waals surface area (Å²) in [4.78, 5) is 69.2. The number of carbonyl (C=O) groups is 3. The Hall–Kier alpha value is -4.21. The summed E-state index contributed by atoms with van der Waals surface area (Å²) in [6.45, 7) is 4.17. The summed E-state index contributed by atoms with van der Waals surface area (Å²) in [6.07, 6.45) is 0.758. The lowest BCUT2D eigenvalue weighted by Crippen LogP contribution is -2.55. The Morgan fingerprint density at radius 2 is 1.63 bits per heavy atom. The van der Waals surface area contributed by atoms with Crippen molar-refractivity contribution in [2.24, 2.45) is 11.8 Å². The smallest absolute Gasteiger partial charge is 0.329 e. The molecule has 1 aliphatic heterocycles. The van der Waals surface area contributed by atoms with Gasteiger partial charge in [0.15, 0.2) is 0 Å². The Kier molecular flexibility index (Phi) is 8.09. The molecular weight excluding hydrogens is 488 g/mol. The number of benzene rings is 2. The molecule has 10 nitrogen and oxygen atoms in total. The maximum atomic E-state index is 13.8. The van der Waals surface area contributed by atoms with Crippen LogP contribution in [0.2, 0.25) is 0 Å². The third kappa shape index (κ3) is 5.69. The van der Waals surface area contributed by atoms with Gasteiger partial charge in [-0.1, -0.05) is 56.3 Å². The third-order valence-corrected chi connectivity index (χ3v) is 7.11. The predicted octanol–water partition coefficient (Wildman–Crippen LogP) is 1.94. The summed E-state index contributed by atoms with van der Waals surface area (Å²) in [5.74, 6) is -2.58. The second-order valence-corrected chi connectivity index (χ2v) is 10.0. The lowest BCUT2D eigenvalue weighted by atomic mass is 9.95. The van der Waals surface area contributed by atoms with Gasteiger partial charge in [0.1, 0.15) is 12.1 Å². The Bertz CT molecular complexity index is 1440. The van der Waals surface area contributed by atoms with Crippen LogP contribution in [-0.4, -0.2) is 56.5 Å². The van der Waals surface area contributed by atoms with Crippen LogP contribution in [0.25, 0.3) is 10.9 Å². The van der Waals surface area contributed by atoms with Gasteiger partial charge in [-0.25, -0.2) is 9.36 Å². The molecule has 1 fully saturated rings. The zero-order valence-electron chi connectivity index (χ0n) is 21.4. The van der Waals surface area contributed by atoms with Crippen molar-refractivity contribution >= 4 is 28.7 Å². The fourth-order valence-corrected chi connectivity index (χ4v) is 4.90. The third-order valence-electron chi connectivity index (χ3n) is 7.11. The largest absolute Gasteiger partial charge is 0.481 e. The number of hydrogen-bond donors (Lipinski definition) is 3. The minimum Gasteiger partial charge on any atom is -0.481 e. The molecule has 0 aliphatic carbocycles. The highest BCUT2D eigenvalue weighted by molar-refractivity contribution is 5.90. The van der Waals surface area contributed by atoms with Gasteiger partial charge in [-0.2, -0.15) is 0 Å². The van der Waals surface area contributed by atoms with Crippen molar-refractivity contribution in [3.8, 4) is 0 Å². The number of para-hydroxylation sites is 1. The number of aromatic nitrogens is 2. The summed E-state index contributed by atoms with van der Waals surface area (Å²) < 4.78 is 0.922. The second-order valence-electron chi connectivity index (χ2n) is 10.0. The number of carboxylic acid groups (broad SMARTS) is 1. The van der Waals surface area contributed by atoms with E-state index in [2.05, 4.69) is 10.3 Å². The fraction of sp³-hybridized carbons (Fsp3) is 0.393. The number of rotatable bonds is 8. The highest BCUT2D eigenvalue weighted by atomic mass is 16.4. The summed E-state index contributed by atoms with van der Waals surface area (Å²) in [5.41, 5.74) is -0.190. The van der Waals surface area contributed by atoms with Gasteiger partial charge in [0.05, 0.1) is 16.8 Å². The van der Waals surface area contributed by atoms with Crippen molar-refractivity contribution in [3.05, 3.63) is 81.0 Å². The molecule has 1 aromatic heterocycles. The maximum Gasteiger partial charge on any atom is 0.329 e. The van der Waals surface area contributed by atoms with Crippen LogP contribution in [0.5, 0.6) is 0 Å². The van der Waals surface area contributed by atoms with Gasteiger partial charge >= 0.3 is 11.7 Å². The number of nitrogens with one attached hydrogen (secondary N) is 2. The van der Waals surface area contributed by atoms with E-state index in [-0.39, 0.29) is 36.7 Å². The molecule has 0 radical (unpaired) electrons. The van der Waals surface area contributed by atoms with Crippen LogP contribution in [0.3, 0.4) is 0 Å². The van der Waals surface area contributed by atoms with E-state index in [1.165, 1.54) is 0 Å². The van der Waals surface area contributed by atoms with Crippen LogP contribution in [0.4, 0.5) is 0 Å². The first-order chi connectivity index (χ1) is 18.2. The topological polar surface area (TPSA) is 142 Å². The Morgan fingerprint density at radius 3 is 2.26 bits per heavy atom. The normalized spacial score (nSPS) is 15.8. The van der Waals surface area contributed by atoms with Crippen molar-refractivity contribution in [3.63, 3.8) is 0 Å². The van der Waals surface area contributed by atoms with Gasteiger partial charge in [-0.15, -0.1) is 0 Å². The molecule has 200 valence electrons. The average Bonchev–Trinajstić information content (AvgIpc) is 2.91. The monoisotopic (exact) mass is 520 g/mol. The first kappa shape index (κ1) is 26.8. The highest BCUT2D eigenvalue weighted by Crippen LogP contribution is 2.20. The Morgan fingerprint density at radius 1 is 1.00 bits per heavy atom. The number of nitrogens with zero attached hydrogens (tertiary/aromatic N) is 2. The van der Waals surface area contributed by atoms with E-state index in [1.807, 2.05) is 6.07 Å². The van der Waals surface area contributed by atoms with Crippen LogP contribution in [0.1, 0.15) is 38.3 Å². The minimum absolute atomic E-state index is 0.0665. The zero-order valence-corrected chi connectivity index (χ0v) is 21.4. The lowest BCUT2D eigenvalue weighted by Gasteiger charge is -2.34. The summed E-state index contributed by atoms with van der Waals surface area (Å²) >= 11 is 0. The molecular formula is C28H32N4O6. The summed E-state index contributed by atoms with van der Waals surface area (Å²) in [5, 5.41) is 12.3. The number of carboxylic acids is 1. The number of H-pyrrole nitrogens is 1. The van der Waals surface area contributed by atoms with E-state index in [1.54, 1.807) is 67.3 Å². The SMILES string of the molecule is CC(C)C(NC(=O)C(Cc1ccccc1)n1c(=O)[nH]c2ccccc2c1=O)C(=O)N1CCC(C(=O)O)CC1.